The highest BCUT2D eigenvalue weighted by molar-refractivity contribution is 5.76. The number of hydrogen-bond donors (Lipinski definition) is 2. The van der Waals surface area contributed by atoms with E-state index in [1.807, 2.05) is 19.9 Å². The first-order chi connectivity index (χ1) is 10.5. The highest BCUT2D eigenvalue weighted by Crippen LogP contribution is 2.20. The molecule has 22 heavy (non-hydrogen) atoms. The fraction of sp³-hybridized carbons (Fsp3) is 0.353. The Balaban J connectivity index is 2.10. The average molecular weight is 296 g/mol. The van der Waals surface area contributed by atoms with Crippen molar-refractivity contribution >= 4 is 11.0 Å². The van der Waals surface area contributed by atoms with Crippen LogP contribution in [0.2, 0.25) is 0 Å². The second-order valence-corrected chi connectivity index (χ2v) is 6.04. The molecule has 0 amide bonds. The summed E-state index contributed by atoms with van der Waals surface area (Å²) < 4.78 is 0. The quantitative estimate of drug-likeness (QED) is 0.780. The van der Waals surface area contributed by atoms with Crippen LogP contribution in [0.3, 0.4) is 0 Å². The van der Waals surface area contributed by atoms with Crippen LogP contribution in [0.25, 0.3) is 11.0 Å². The number of fused-ring (bicyclic) bond motifs is 1. The standard InChI is InChI=1S/C17H20N4O/c1-9(2)14-15-16(21-20-14)17(22)19-13(18-15)8-12-7-5-6-10(3)11(12)4/h5-7,9H,8H2,1-4H3,(H,20,21)(H,18,19,22). The van der Waals surface area contributed by atoms with E-state index in [0.717, 1.165) is 5.69 Å². The fourth-order valence-electron chi connectivity index (χ4n) is 2.65. The van der Waals surface area contributed by atoms with Crippen molar-refractivity contribution in [2.24, 2.45) is 0 Å². The molecule has 114 valence electrons. The molecule has 0 spiro atoms. The largest absolute Gasteiger partial charge is 0.308 e. The van der Waals surface area contributed by atoms with Gasteiger partial charge in [-0.15, -0.1) is 0 Å². The summed E-state index contributed by atoms with van der Waals surface area (Å²) in [6, 6.07) is 6.20. The van der Waals surface area contributed by atoms with Crippen LogP contribution < -0.4 is 5.56 Å². The molecule has 0 fully saturated rings. The molecule has 0 aliphatic heterocycles. The van der Waals surface area contributed by atoms with Gasteiger partial charge in [-0.2, -0.15) is 5.10 Å². The number of aromatic amines is 2. The minimum atomic E-state index is -0.162. The van der Waals surface area contributed by atoms with Crippen LogP contribution >= 0.6 is 0 Å². The van der Waals surface area contributed by atoms with Gasteiger partial charge < -0.3 is 4.98 Å². The minimum Gasteiger partial charge on any atom is -0.308 e. The van der Waals surface area contributed by atoms with E-state index in [0.29, 0.717) is 23.3 Å². The Morgan fingerprint density at radius 2 is 2.00 bits per heavy atom. The summed E-state index contributed by atoms with van der Waals surface area (Å²) in [5, 5.41) is 7.02. The van der Waals surface area contributed by atoms with Gasteiger partial charge in [0.15, 0.2) is 0 Å². The van der Waals surface area contributed by atoms with Crippen LogP contribution in [0.15, 0.2) is 23.0 Å². The molecule has 0 aliphatic carbocycles. The minimum absolute atomic E-state index is 0.162. The van der Waals surface area contributed by atoms with Crippen LogP contribution in [0.4, 0.5) is 0 Å². The van der Waals surface area contributed by atoms with E-state index in [9.17, 15) is 4.79 Å². The second-order valence-electron chi connectivity index (χ2n) is 6.04. The van der Waals surface area contributed by atoms with Gasteiger partial charge >= 0.3 is 0 Å². The fourth-order valence-corrected chi connectivity index (χ4v) is 2.65. The van der Waals surface area contributed by atoms with Crippen LogP contribution in [0.5, 0.6) is 0 Å². The van der Waals surface area contributed by atoms with Crippen molar-refractivity contribution in [2.75, 3.05) is 0 Å². The van der Waals surface area contributed by atoms with Crippen molar-refractivity contribution in [3.05, 3.63) is 56.8 Å². The van der Waals surface area contributed by atoms with Crippen LogP contribution in [-0.4, -0.2) is 20.2 Å². The summed E-state index contributed by atoms with van der Waals surface area (Å²) in [4.78, 5) is 19.7. The van der Waals surface area contributed by atoms with Crippen molar-refractivity contribution in [3.63, 3.8) is 0 Å². The summed E-state index contributed by atoms with van der Waals surface area (Å²) in [6.45, 7) is 8.27. The number of aromatic nitrogens is 4. The third kappa shape index (κ3) is 2.43. The van der Waals surface area contributed by atoms with Gasteiger partial charge in [-0.1, -0.05) is 32.0 Å². The predicted molar refractivity (Wildman–Crippen MR) is 87.3 cm³/mol. The number of nitrogens with one attached hydrogen (secondary N) is 2. The normalized spacial score (nSPS) is 11.5. The van der Waals surface area contributed by atoms with Crippen LogP contribution in [0.1, 0.15) is 48.0 Å². The Kier molecular flexibility index (Phi) is 3.56. The molecule has 0 unspecified atom stereocenters. The van der Waals surface area contributed by atoms with Crippen molar-refractivity contribution in [1.29, 1.82) is 0 Å². The smallest absolute Gasteiger partial charge is 0.276 e. The molecule has 0 atom stereocenters. The van der Waals surface area contributed by atoms with Gasteiger partial charge in [0, 0.05) is 6.42 Å². The van der Waals surface area contributed by atoms with Gasteiger partial charge in [0.25, 0.3) is 5.56 Å². The molecule has 5 nitrogen and oxygen atoms in total. The topological polar surface area (TPSA) is 74.4 Å². The van der Waals surface area contributed by atoms with Crippen molar-refractivity contribution in [3.8, 4) is 0 Å². The van der Waals surface area contributed by atoms with E-state index < -0.39 is 0 Å². The van der Waals surface area contributed by atoms with Gasteiger partial charge in [-0.25, -0.2) is 4.98 Å². The van der Waals surface area contributed by atoms with Gasteiger partial charge in [0.05, 0.1) is 5.69 Å². The summed E-state index contributed by atoms with van der Waals surface area (Å²) in [6.07, 6.45) is 0.613. The molecule has 2 N–H and O–H groups in total. The summed E-state index contributed by atoms with van der Waals surface area (Å²) in [5.41, 5.74) is 5.46. The Labute approximate surface area is 128 Å². The van der Waals surface area contributed by atoms with E-state index in [-0.39, 0.29) is 11.5 Å². The first kappa shape index (κ1) is 14.5. The maximum absolute atomic E-state index is 12.2. The predicted octanol–water partition coefficient (Wildman–Crippen LogP) is 2.98. The third-order valence-corrected chi connectivity index (χ3v) is 4.12. The molecule has 0 bridgehead atoms. The van der Waals surface area contributed by atoms with E-state index in [1.54, 1.807) is 0 Å². The molecular formula is C17H20N4O. The molecule has 0 saturated carbocycles. The van der Waals surface area contributed by atoms with Crippen molar-refractivity contribution in [2.45, 2.75) is 40.0 Å². The Bertz CT molecular complexity index is 889. The molecule has 5 heteroatoms. The summed E-state index contributed by atoms with van der Waals surface area (Å²) in [7, 11) is 0. The van der Waals surface area contributed by atoms with E-state index in [4.69, 9.17) is 0 Å². The van der Waals surface area contributed by atoms with Crippen molar-refractivity contribution < 1.29 is 0 Å². The number of nitrogens with zero attached hydrogens (tertiary/aromatic N) is 2. The zero-order valence-corrected chi connectivity index (χ0v) is 13.3. The molecule has 3 aromatic rings. The summed E-state index contributed by atoms with van der Waals surface area (Å²) >= 11 is 0. The molecule has 3 rings (SSSR count). The second kappa shape index (κ2) is 5.40. The molecule has 2 aromatic heterocycles. The van der Waals surface area contributed by atoms with Gasteiger partial charge in [0.2, 0.25) is 0 Å². The Morgan fingerprint density at radius 3 is 2.73 bits per heavy atom. The van der Waals surface area contributed by atoms with E-state index >= 15 is 0 Å². The lowest BCUT2D eigenvalue weighted by Gasteiger charge is -2.08. The maximum Gasteiger partial charge on any atom is 0.276 e. The average Bonchev–Trinajstić information content (AvgIpc) is 2.88. The molecule has 0 saturated heterocycles. The third-order valence-electron chi connectivity index (χ3n) is 4.12. The molecule has 2 heterocycles. The first-order valence-electron chi connectivity index (χ1n) is 7.49. The first-order valence-corrected chi connectivity index (χ1v) is 7.49. The highest BCUT2D eigenvalue weighted by atomic mass is 16.1. The number of H-pyrrole nitrogens is 2. The lowest BCUT2D eigenvalue weighted by molar-refractivity contribution is 0.814. The van der Waals surface area contributed by atoms with Crippen LogP contribution in [0, 0.1) is 13.8 Å². The SMILES string of the molecule is Cc1cccc(Cc2nc3c(C(C)C)n[nH]c3c(=O)[nH]2)c1C. The highest BCUT2D eigenvalue weighted by Gasteiger charge is 2.15. The molecule has 1 aromatic carbocycles. The van der Waals surface area contributed by atoms with Crippen molar-refractivity contribution in [1.82, 2.24) is 20.2 Å². The Morgan fingerprint density at radius 1 is 1.23 bits per heavy atom. The summed E-state index contributed by atoms with van der Waals surface area (Å²) in [5.74, 6) is 0.895. The molecule has 0 aliphatic rings. The number of aryl methyl sites for hydroxylation is 1. The molecule has 0 radical (unpaired) electrons. The lowest BCUT2D eigenvalue weighted by Crippen LogP contribution is -2.13. The van der Waals surface area contributed by atoms with Gasteiger partial charge in [-0.05, 0) is 36.5 Å². The van der Waals surface area contributed by atoms with Gasteiger partial charge in [0.1, 0.15) is 16.9 Å². The monoisotopic (exact) mass is 296 g/mol. The van der Waals surface area contributed by atoms with E-state index in [1.165, 1.54) is 16.7 Å². The zero-order valence-electron chi connectivity index (χ0n) is 13.3. The van der Waals surface area contributed by atoms with E-state index in [2.05, 4.69) is 46.1 Å². The number of benzene rings is 1. The van der Waals surface area contributed by atoms with Crippen LogP contribution in [-0.2, 0) is 6.42 Å². The lowest BCUT2D eigenvalue weighted by atomic mass is 10.0. The Hall–Kier alpha value is -2.43. The maximum atomic E-state index is 12.2. The number of hydrogen-bond acceptors (Lipinski definition) is 3. The zero-order chi connectivity index (χ0) is 15.9. The number of rotatable bonds is 3. The molecular weight excluding hydrogens is 276 g/mol. The van der Waals surface area contributed by atoms with Gasteiger partial charge in [-0.3, -0.25) is 9.89 Å².